The second-order valence-corrected chi connectivity index (χ2v) is 4.10. The topological polar surface area (TPSA) is 117 Å². The van der Waals surface area contributed by atoms with Crippen molar-refractivity contribution in [3.63, 3.8) is 0 Å². The van der Waals surface area contributed by atoms with E-state index in [0.717, 1.165) is 12.1 Å². The number of halogens is 2. The van der Waals surface area contributed by atoms with Crippen molar-refractivity contribution in [1.82, 2.24) is 15.0 Å². The predicted octanol–water partition coefficient (Wildman–Crippen LogP) is 1.19. The van der Waals surface area contributed by atoms with E-state index in [0.29, 0.717) is 0 Å². The molecule has 1 aromatic carbocycles. The summed E-state index contributed by atoms with van der Waals surface area (Å²) in [5.74, 6) is -1.78. The van der Waals surface area contributed by atoms with Gasteiger partial charge in [-0.25, -0.2) is 9.18 Å². The summed E-state index contributed by atoms with van der Waals surface area (Å²) >= 11 is 5.68. The summed E-state index contributed by atoms with van der Waals surface area (Å²) in [4.78, 5) is 22.7. The number of aromatic nitrogens is 3. The highest BCUT2D eigenvalue weighted by atomic mass is 35.5. The van der Waals surface area contributed by atoms with E-state index in [4.69, 9.17) is 27.8 Å². The molecule has 2 rings (SSSR count). The first-order valence-electron chi connectivity index (χ1n) is 5.34. The Balaban J connectivity index is 2.10. The number of benzene rings is 1. The third kappa shape index (κ3) is 3.29. The first-order chi connectivity index (χ1) is 9.45. The second-order valence-electron chi connectivity index (χ2n) is 3.67. The fraction of sp³-hybridized carbons (Fsp3) is 0.0909. The standard InChI is InChI=1S/C11H9ClFN5O2/c12-5-1-2-7(13)6(3-5)9(19)20-4-8-16-10(14)18-11(15)17-8/h1-3H,4H2,(H4,14,15,16,17,18). The van der Waals surface area contributed by atoms with Crippen LogP contribution >= 0.6 is 11.6 Å². The lowest BCUT2D eigenvalue weighted by atomic mass is 10.2. The lowest BCUT2D eigenvalue weighted by Gasteiger charge is -2.06. The van der Waals surface area contributed by atoms with E-state index < -0.39 is 11.8 Å². The van der Waals surface area contributed by atoms with E-state index in [9.17, 15) is 9.18 Å². The summed E-state index contributed by atoms with van der Waals surface area (Å²) in [6, 6.07) is 3.55. The van der Waals surface area contributed by atoms with E-state index in [1.165, 1.54) is 6.07 Å². The fourth-order valence-corrected chi connectivity index (χ4v) is 1.56. The van der Waals surface area contributed by atoms with Gasteiger partial charge in [0.25, 0.3) is 0 Å². The van der Waals surface area contributed by atoms with Crippen LogP contribution in [0.3, 0.4) is 0 Å². The van der Waals surface area contributed by atoms with Gasteiger partial charge in [-0.1, -0.05) is 11.6 Å². The van der Waals surface area contributed by atoms with Crippen LogP contribution in [0.5, 0.6) is 0 Å². The van der Waals surface area contributed by atoms with Gasteiger partial charge in [-0.2, -0.15) is 15.0 Å². The van der Waals surface area contributed by atoms with Crippen molar-refractivity contribution in [2.24, 2.45) is 0 Å². The maximum absolute atomic E-state index is 13.4. The van der Waals surface area contributed by atoms with Gasteiger partial charge >= 0.3 is 5.97 Å². The zero-order valence-corrected chi connectivity index (χ0v) is 10.8. The number of rotatable bonds is 3. The summed E-state index contributed by atoms with van der Waals surface area (Å²) in [7, 11) is 0. The molecule has 0 saturated heterocycles. The largest absolute Gasteiger partial charge is 0.454 e. The molecule has 4 N–H and O–H groups in total. The van der Waals surface area contributed by atoms with Crippen LogP contribution in [0.4, 0.5) is 16.3 Å². The van der Waals surface area contributed by atoms with Crippen LogP contribution < -0.4 is 11.5 Å². The van der Waals surface area contributed by atoms with Crippen LogP contribution in [0.15, 0.2) is 18.2 Å². The molecular weight excluding hydrogens is 289 g/mol. The van der Waals surface area contributed by atoms with Crippen molar-refractivity contribution in [3.8, 4) is 0 Å². The fourth-order valence-electron chi connectivity index (χ4n) is 1.38. The number of nitrogens with zero attached hydrogens (tertiary/aromatic N) is 3. The molecule has 0 unspecified atom stereocenters. The zero-order valence-electron chi connectivity index (χ0n) is 10.0. The lowest BCUT2D eigenvalue weighted by molar-refractivity contribution is 0.0457. The minimum Gasteiger partial charge on any atom is -0.454 e. The average molecular weight is 298 g/mol. The maximum atomic E-state index is 13.4. The molecule has 20 heavy (non-hydrogen) atoms. The Morgan fingerprint density at radius 3 is 2.55 bits per heavy atom. The van der Waals surface area contributed by atoms with Gasteiger partial charge in [0, 0.05) is 5.02 Å². The first-order valence-corrected chi connectivity index (χ1v) is 5.71. The van der Waals surface area contributed by atoms with Gasteiger partial charge in [0.1, 0.15) is 5.82 Å². The molecule has 1 heterocycles. The number of hydrogen-bond donors (Lipinski definition) is 2. The van der Waals surface area contributed by atoms with E-state index in [2.05, 4.69) is 15.0 Å². The number of nitrogens with two attached hydrogens (primary N) is 2. The number of carbonyl (C=O) groups excluding carboxylic acids is 1. The Kier molecular flexibility index (Phi) is 3.94. The number of ether oxygens (including phenoxy) is 1. The van der Waals surface area contributed by atoms with Crippen LogP contribution in [0.1, 0.15) is 16.2 Å². The molecule has 0 bridgehead atoms. The van der Waals surface area contributed by atoms with Gasteiger partial charge in [0.05, 0.1) is 5.56 Å². The molecule has 2 aromatic rings. The monoisotopic (exact) mass is 297 g/mol. The average Bonchev–Trinajstić information content (AvgIpc) is 2.38. The van der Waals surface area contributed by atoms with Gasteiger partial charge in [-0.05, 0) is 18.2 Å². The second kappa shape index (κ2) is 5.66. The SMILES string of the molecule is Nc1nc(N)nc(COC(=O)c2cc(Cl)ccc2F)n1. The van der Waals surface area contributed by atoms with Gasteiger partial charge in [-0.3, -0.25) is 0 Å². The maximum Gasteiger partial charge on any atom is 0.341 e. The minimum absolute atomic E-state index is 0.0609. The molecular formula is C11H9ClFN5O2. The summed E-state index contributed by atoms with van der Waals surface area (Å²) in [6.07, 6.45) is 0. The normalized spacial score (nSPS) is 10.3. The van der Waals surface area contributed by atoms with Gasteiger partial charge in [-0.15, -0.1) is 0 Å². The Morgan fingerprint density at radius 1 is 1.25 bits per heavy atom. The van der Waals surface area contributed by atoms with E-state index in [-0.39, 0.29) is 34.9 Å². The Labute approximate surface area is 117 Å². The molecule has 0 fully saturated rings. The van der Waals surface area contributed by atoms with Crippen LogP contribution in [-0.2, 0) is 11.3 Å². The molecule has 0 spiro atoms. The smallest absolute Gasteiger partial charge is 0.341 e. The molecule has 0 aliphatic rings. The molecule has 0 aliphatic carbocycles. The predicted molar refractivity (Wildman–Crippen MR) is 69.2 cm³/mol. The number of carbonyl (C=O) groups is 1. The zero-order chi connectivity index (χ0) is 14.7. The van der Waals surface area contributed by atoms with E-state index >= 15 is 0 Å². The van der Waals surface area contributed by atoms with Crippen LogP contribution in [0, 0.1) is 5.82 Å². The Hall–Kier alpha value is -2.48. The number of esters is 1. The van der Waals surface area contributed by atoms with Crippen molar-refractivity contribution >= 4 is 29.5 Å². The Bertz CT molecular complexity index is 647. The number of nitrogen functional groups attached to an aromatic ring is 2. The Morgan fingerprint density at radius 2 is 1.90 bits per heavy atom. The van der Waals surface area contributed by atoms with Crippen LogP contribution in [-0.4, -0.2) is 20.9 Å². The van der Waals surface area contributed by atoms with Gasteiger partial charge in [0.2, 0.25) is 11.9 Å². The summed E-state index contributed by atoms with van der Waals surface area (Å²) < 4.78 is 18.3. The highest BCUT2D eigenvalue weighted by Gasteiger charge is 2.15. The molecule has 7 nitrogen and oxygen atoms in total. The molecule has 104 valence electrons. The van der Waals surface area contributed by atoms with E-state index in [1.54, 1.807) is 0 Å². The minimum atomic E-state index is -0.900. The quantitative estimate of drug-likeness (QED) is 0.817. The third-order valence-corrected chi connectivity index (χ3v) is 2.43. The molecule has 0 atom stereocenters. The van der Waals surface area contributed by atoms with Gasteiger partial charge in [0.15, 0.2) is 12.4 Å². The van der Waals surface area contributed by atoms with Crippen molar-refractivity contribution in [3.05, 3.63) is 40.4 Å². The lowest BCUT2D eigenvalue weighted by Crippen LogP contribution is -2.12. The number of hydrogen-bond acceptors (Lipinski definition) is 7. The molecule has 9 heteroatoms. The first kappa shape index (κ1) is 13.9. The highest BCUT2D eigenvalue weighted by Crippen LogP contribution is 2.16. The number of anilines is 2. The van der Waals surface area contributed by atoms with Gasteiger partial charge < -0.3 is 16.2 Å². The molecule has 0 aliphatic heterocycles. The van der Waals surface area contributed by atoms with Crippen molar-refractivity contribution in [2.45, 2.75) is 6.61 Å². The molecule has 0 amide bonds. The molecule has 0 radical (unpaired) electrons. The van der Waals surface area contributed by atoms with Crippen molar-refractivity contribution in [1.29, 1.82) is 0 Å². The van der Waals surface area contributed by atoms with Crippen molar-refractivity contribution < 1.29 is 13.9 Å². The summed E-state index contributed by atoms with van der Waals surface area (Å²) in [6.45, 7) is -0.318. The summed E-state index contributed by atoms with van der Waals surface area (Å²) in [5.41, 5.74) is 10.4. The molecule has 1 aromatic heterocycles. The van der Waals surface area contributed by atoms with Crippen LogP contribution in [0.25, 0.3) is 0 Å². The third-order valence-electron chi connectivity index (χ3n) is 2.20. The van der Waals surface area contributed by atoms with E-state index in [1.807, 2.05) is 0 Å². The van der Waals surface area contributed by atoms with Crippen molar-refractivity contribution in [2.75, 3.05) is 11.5 Å². The van der Waals surface area contributed by atoms with Crippen LogP contribution in [0.2, 0.25) is 5.02 Å². The molecule has 0 saturated carbocycles. The highest BCUT2D eigenvalue weighted by molar-refractivity contribution is 6.30. The summed E-state index contributed by atoms with van der Waals surface area (Å²) in [5, 5.41) is 0.215.